The van der Waals surface area contributed by atoms with Crippen molar-refractivity contribution in [2.75, 3.05) is 11.9 Å². The molecule has 0 unspecified atom stereocenters. The van der Waals surface area contributed by atoms with E-state index < -0.39 is 12.6 Å². The number of aromatic nitrogens is 2. The number of nitrogens with one attached hydrogen (secondary N) is 1. The van der Waals surface area contributed by atoms with E-state index in [1.807, 2.05) is 0 Å². The van der Waals surface area contributed by atoms with E-state index in [-0.39, 0.29) is 6.42 Å². The average molecular weight is 249 g/mol. The van der Waals surface area contributed by atoms with Crippen LogP contribution in [0.1, 0.15) is 26.7 Å². The number of halogens is 3. The van der Waals surface area contributed by atoms with Crippen molar-refractivity contribution in [1.29, 1.82) is 0 Å². The molecule has 0 atom stereocenters. The van der Waals surface area contributed by atoms with Crippen molar-refractivity contribution in [3.63, 3.8) is 0 Å². The van der Waals surface area contributed by atoms with Gasteiger partial charge in [0.15, 0.2) is 0 Å². The van der Waals surface area contributed by atoms with Crippen LogP contribution in [-0.4, -0.2) is 22.3 Å². The topological polar surface area (TPSA) is 29.9 Å². The molecule has 1 aromatic heterocycles. The van der Waals surface area contributed by atoms with Gasteiger partial charge in [-0.05, 0) is 12.3 Å². The van der Waals surface area contributed by atoms with Crippen LogP contribution in [0.25, 0.3) is 0 Å². The monoisotopic (exact) mass is 249 g/mol. The number of imidazole rings is 1. The summed E-state index contributed by atoms with van der Waals surface area (Å²) in [7, 11) is 0. The second-order valence-electron chi connectivity index (χ2n) is 4.44. The van der Waals surface area contributed by atoms with E-state index in [1.54, 1.807) is 17.0 Å². The van der Waals surface area contributed by atoms with Crippen LogP contribution >= 0.6 is 0 Å². The van der Waals surface area contributed by atoms with E-state index in [0.29, 0.717) is 18.4 Å². The Kier molecular flexibility index (Phi) is 4.84. The highest BCUT2D eigenvalue weighted by Gasteiger charge is 2.26. The summed E-state index contributed by atoms with van der Waals surface area (Å²) in [5.41, 5.74) is 0. The molecule has 1 N–H and O–H groups in total. The van der Waals surface area contributed by atoms with Crippen LogP contribution in [0, 0.1) is 5.92 Å². The third kappa shape index (κ3) is 5.60. The molecule has 0 fully saturated rings. The van der Waals surface area contributed by atoms with Crippen molar-refractivity contribution >= 4 is 5.95 Å². The van der Waals surface area contributed by atoms with Gasteiger partial charge in [-0.25, -0.2) is 4.98 Å². The van der Waals surface area contributed by atoms with E-state index in [0.717, 1.165) is 6.54 Å². The van der Waals surface area contributed by atoms with Crippen LogP contribution in [0.4, 0.5) is 19.1 Å². The fraction of sp³-hybridized carbons (Fsp3) is 0.727. The molecule has 0 spiro atoms. The first-order chi connectivity index (χ1) is 7.88. The third-order valence-corrected chi connectivity index (χ3v) is 2.24. The zero-order valence-corrected chi connectivity index (χ0v) is 10.1. The predicted molar refractivity (Wildman–Crippen MR) is 60.8 cm³/mol. The fourth-order valence-corrected chi connectivity index (χ4v) is 1.40. The SMILES string of the molecule is CC(C)CNc1nccn1CCCC(F)(F)F. The molecule has 0 aromatic carbocycles. The van der Waals surface area contributed by atoms with Gasteiger partial charge >= 0.3 is 6.18 Å². The molecule has 1 rings (SSSR count). The number of rotatable bonds is 6. The molecule has 1 aromatic rings. The Bertz CT molecular complexity index is 331. The number of anilines is 1. The minimum absolute atomic E-state index is 0.0796. The van der Waals surface area contributed by atoms with E-state index in [4.69, 9.17) is 0 Å². The van der Waals surface area contributed by atoms with Gasteiger partial charge in [0, 0.05) is 31.9 Å². The lowest BCUT2D eigenvalue weighted by molar-refractivity contribution is -0.135. The number of alkyl halides is 3. The molecule has 17 heavy (non-hydrogen) atoms. The summed E-state index contributed by atoms with van der Waals surface area (Å²) < 4.78 is 37.7. The minimum atomic E-state index is -4.08. The quantitative estimate of drug-likeness (QED) is 0.838. The summed E-state index contributed by atoms with van der Waals surface area (Å²) in [6.07, 6.45) is -1.47. The smallest absolute Gasteiger partial charge is 0.355 e. The summed E-state index contributed by atoms with van der Waals surface area (Å²) in [6, 6.07) is 0. The molecule has 0 amide bonds. The van der Waals surface area contributed by atoms with E-state index in [1.165, 1.54) is 0 Å². The Labute approximate surface area is 99.0 Å². The lowest BCUT2D eigenvalue weighted by Crippen LogP contribution is -2.14. The molecule has 3 nitrogen and oxygen atoms in total. The van der Waals surface area contributed by atoms with Gasteiger partial charge in [0.05, 0.1) is 0 Å². The van der Waals surface area contributed by atoms with Gasteiger partial charge in [-0.2, -0.15) is 13.2 Å². The van der Waals surface area contributed by atoms with Gasteiger partial charge in [-0.1, -0.05) is 13.8 Å². The summed E-state index contributed by atoms with van der Waals surface area (Å²) in [5.74, 6) is 1.11. The maximum atomic E-state index is 12.0. The average Bonchev–Trinajstić information content (AvgIpc) is 2.60. The largest absolute Gasteiger partial charge is 0.389 e. The molecule has 0 aliphatic heterocycles. The van der Waals surface area contributed by atoms with Crippen LogP contribution in [0.5, 0.6) is 0 Å². The lowest BCUT2D eigenvalue weighted by atomic mass is 10.2. The van der Waals surface area contributed by atoms with Gasteiger partial charge in [0.25, 0.3) is 0 Å². The molecule has 0 radical (unpaired) electrons. The standard InChI is InChI=1S/C11H18F3N3/c1-9(2)8-16-10-15-5-7-17(10)6-3-4-11(12,13)14/h5,7,9H,3-4,6,8H2,1-2H3,(H,15,16). The molecule has 0 bridgehead atoms. The summed E-state index contributed by atoms with van der Waals surface area (Å²) in [6.45, 7) is 5.21. The van der Waals surface area contributed by atoms with Gasteiger partial charge < -0.3 is 9.88 Å². The van der Waals surface area contributed by atoms with Crippen molar-refractivity contribution in [2.24, 2.45) is 5.92 Å². The van der Waals surface area contributed by atoms with Crippen LogP contribution in [0.3, 0.4) is 0 Å². The normalized spacial score (nSPS) is 12.1. The highest BCUT2D eigenvalue weighted by molar-refractivity contribution is 5.25. The summed E-state index contributed by atoms with van der Waals surface area (Å²) >= 11 is 0. The first kappa shape index (κ1) is 13.9. The summed E-state index contributed by atoms with van der Waals surface area (Å²) in [4.78, 5) is 4.07. The molecule has 0 aliphatic carbocycles. The molecule has 0 saturated heterocycles. The maximum absolute atomic E-state index is 12.0. The Morgan fingerprint density at radius 3 is 2.71 bits per heavy atom. The van der Waals surface area contributed by atoms with Crippen molar-refractivity contribution in [3.05, 3.63) is 12.4 Å². The molecule has 0 saturated carbocycles. The van der Waals surface area contributed by atoms with E-state index in [9.17, 15) is 13.2 Å². The predicted octanol–water partition coefficient (Wildman–Crippen LogP) is 3.29. The first-order valence-electron chi connectivity index (χ1n) is 5.70. The van der Waals surface area contributed by atoms with E-state index >= 15 is 0 Å². The molecular weight excluding hydrogens is 231 g/mol. The van der Waals surface area contributed by atoms with Crippen LogP contribution < -0.4 is 5.32 Å². The second kappa shape index (κ2) is 5.93. The zero-order chi connectivity index (χ0) is 12.9. The molecule has 1 heterocycles. The molecule has 98 valence electrons. The number of hydrogen-bond acceptors (Lipinski definition) is 2. The number of hydrogen-bond donors (Lipinski definition) is 1. The van der Waals surface area contributed by atoms with Crippen LogP contribution in [-0.2, 0) is 6.54 Å². The Morgan fingerprint density at radius 1 is 1.41 bits per heavy atom. The maximum Gasteiger partial charge on any atom is 0.389 e. The highest BCUT2D eigenvalue weighted by Crippen LogP contribution is 2.22. The summed E-state index contributed by atoms with van der Waals surface area (Å²) in [5, 5.41) is 3.11. The third-order valence-electron chi connectivity index (χ3n) is 2.24. The van der Waals surface area contributed by atoms with E-state index in [2.05, 4.69) is 24.1 Å². The number of nitrogens with zero attached hydrogens (tertiary/aromatic N) is 2. The highest BCUT2D eigenvalue weighted by atomic mass is 19.4. The van der Waals surface area contributed by atoms with Gasteiger partial charge in [0.1, 0.15) is 0 Å². The van der Waals surface area contributed by atoms with Gasteiger partial charge in [-0.3, -0.25) is 0 Å². The Morgan fingerprint density at radius 2 is 2.12 bits per heavy atom. The molecule has 0 aliphatic rings. The van der Waals surface area contributed by atoms with Crippen LogP contribution in [0.2, 0.25) is 0 Å². The Balaban J connectivity index is 2.40. The molecule has 6 heteroatoms. The fourth-order valence-electron chi connectivity index (χ4n) is 1.40. The van der Waals surface area contributed by atoms with Crippen molar-refractivity contribution in [1.82, 2.24) is 9.55 Å². The first-order valence-corrected chi connectivity index (χ1v) is 5.70. The van der Waals surface area contributed by atoms with Crippen LogP contribution in [0.15, 0.2) is 12.4 Å². The van der Waals surface area contributed by atoms with Crippen molar-refractivity contribution < 1.29 is 13.2 Å². The second-order valence-corrected chi connectivity index (χ2v) is 4.44. The lowest BCUT2D eigenvalue weighted by Gasteiger charge is -2.12. The minimum Gasteiger partial charge on any atom is -0.355 e. The van der Waals surface area contributed by atoms with Gasteiger partial charge in [-0.15, -0.1) is 0 Å². The van der Waals surface area contributed by atoms with Crippen molar-refractivity contribution in [2.45, 2.75) is 39.4 Å². The number of aryl methyl sites for hydroxylation is 1. The Hall–Kier alpha value is -1.20. The molecular formula is C11H18F3N3. The zero-order valence-electron chi connectivity index (χ0n) is 10.1. The van der Waals surface area contributed by atoms with Gasteiger partial charge in [0.2, 0.25) is 5.95 Å². The van der Waals surface area contributed by atoms with Crippen molar-refractivity contribution in [3.8, 4) is 0 Å².